The summed E-state index contributed by atoms with van der Waals surface area (Å²) in [7, 11) is 1.65. The minimum Gasteiger partial charge on any atom is -0.497 e. The molecule has 0 bridgehead atoms. The van der Waals surface area contributed by atoms with E-state index in [2.05, 4.69) is 32.2 Å². The summed E-state index contributed by atoms with van der Waals surface area (Å²) in [6.07, 6.45) is 5.34. The zero-order chi connectivity index (χ0) is 24.9. The van der Waals surface area contributed by atoms with Crippen LogP contribution in [0.4, 0.5) is 5.82 Å². The summed E-state index contributed by atoms with van der Waals surface area (Å²) in [5.41, 5.74) is 1.64. The Bertz CT molecular complexity index is 1150. The van der Waals surface area contributed by atoms with Gasteiger partial charge in [0.05, 0.1) is 7.11 Å². The van der Waals surface area contributed by atoms with Gasteiger partial charge in [0.1, 0.15) is 11.6 Å². The number of benzene rings is 1. The molecule has 0 saturated carbocycles. The fraction of sp³-hybridized carbons (Fsp3) is 0.556. The number of rotatable bonds is 8. The van der Waals surface area contributed by atoms with Crippen LogP contribution in [0.15, 0.2) is 36.4 Å². The van der Waals surface area contributed by atoms with Crippen molar-refractivity contribution in [3.8, 4) is 17.1 Å². The minimum atomic E-state index is 0.0739. The molecule has 2 fully saturated rings. The van der Waals surface area contributed by atoms with Crippen molar-refractivity contribution in [2.24, 2.45) is 11.8 Å². The highest BCUT2D eigenvalue weighted by atomic mass is 16.5. The third-order valence-corrected chi connectivity index (χ3v) is 7.48. The molecule has 1 aromatic carbocycles. The maximum Gasteiger partial charge on any atom is 0.223 e. The van der Waals surface area contributed by atoms with Crippen LogP contribution < -0.4 is 15.0 Å². The SMILES string of the molecule is COc1ccc(-c2nnc3ccc(N4CCC(C(=O)NCCCN5CCCC(C)C5)CC4)nn23)cc1. The number of anilines is 1. The largest absolute Gasteiger partial charge is 0.497 e. The molecule has 2 saturated heterocycles. The van der Waals surface area contributed by atoms with Crippen molar-refractivity contribution in [3.05, 3.63) is 36.4 Å². The Balaban J connectivity index is 1.13. The van der Waals surface area contributed by atoms with Crippen molar-refractivity contribution < 1.29 is 9.53 Å². The summed E-state index contributed by atoms with van der Waals surface area (Å²) in [4.78, 5) is 17.5. The van der Waals surface area contributed by atoms with Gasteiger partial charge >= 0.3 is 0 Å². The number of carbonyl (C=O) groups is 1. The summed E-state index contributed by atoms with van der Waals surface area (Å²) in [5.74, 6) is 3.45. The molecular weight excluding hydrogens is 454 g/mol. The van der Waals surface area contributed by atoms with E-state index >= 15 is 0 Å². The first kappa shape index (κ1) is 24.5. The van der Waals surface area contributed by atoms with Crippen LogP contribution in [0.1, 0.15) is 39.0 Å². The third kappa shape index (κ3) is 5.61. The van der Waals surface area contributed by atoms with Crippen molar-refractivity contribution in [1.29, 1.82) is 0 Å². The van der Waals surface area contributed by atoms with E-state index in [1.165, 1.54) is 25.9 Å². The molecule has 1 amide bonds. The molecular formula is C27H37N7O2. The molecule has 1 atom stereocenters. The molecule has 4 heterocycles. The number of carbonyl (C=O) groups excluding carboxylic acids is 1. The van der Waals surface area contributed by atoms with Crippen LogP contribution in [0, 0.1) is 11.8 Å². The van der Waals surface area contributed by atoms with Gasteiger partial charge in [-0.05, 0) is 87.5 Å². The summed E-state index contributed by atoms with van der Waals surface area (Å²) >= 11 is 0. The highest BCUT2D eigenvalue weighted by Crippen LogP contribution is 2.25. The van der Waals surface area contributed by atoms with Crippen LogP contribution in [-0.4, -0.2) is 77.0 Å². The van der Waals surface area contributed by atoms with Crippen LogP contribution >= 0.6 is 0 Å². The Morgan fingerprint density at radius 3 is 2.61 bits per heavy atom. The van der Waals surface area contributed by atoms with E-state index in [-0.39, 0.29) is 11.8 Å². The van der Waals surface area contributed by atoms with Crippen molar-refractivity contribution in [3.63, 3.8) is 0 Å². The van der Waals surface area contributed by atoms with Crippen LogP contribution in [0.25, 0.3) is 17.0 Å². The van der Waals surface area contributed by atoms with Gasteiger partial charge in [0.2, 0.25) is 5.91 Å². The van der Waals surface area contributed by atoms with E-state index in [1.807, 2.05) is 36.4 Å². The van der Waals surface area contributed by atoms with Gasteiger partial charge in [-0.15, -0.1) is 15.3 Å². The monoisotopic (exact) mass is 491 g/mol. The Kier molecular flexibility index (Phi) is 7.65. The summed E-state index contributed by atoms with van der Waals surface area (Å²) in [6, 6.07) is 11.7. The fourth-order valence-electron chi connectivity index (χ4n) is 5.39. The molecule has 9 heteroatoms. The molecule has 36 heavy (non-hydrogen) atoms. The zero-order valence-corrected chi connectivity index (χ0v) is 21.4. The first-order valence-corrected chi connectivity index (χ1v) is 13.2. The second-order valence-corrected chi connectivity index (χ2v) is 10.2. The maximum absolute atomic E-state index is 12.7. The first-order valence-electron chi connectivity index (χ1n) is 13.2. The van der Waals surface area contributed by atoms with Gasteiger partial charge in [-0.1, -0.05) is 6.92 Å². The Morgan fingerprint density at radius 2 is 1.86 bits per heavy atom. The van der Waals surface area contributed by atoms with E-state index in [1.54, 1.807) is 11.6 Å². The van der Waals surface area contributed by atoms with Crippen LogP contribution in [0.3, 0.4) is 0 Å². The average Bonchev–Trinajstić information content (AvgIpc) is 3.34. The quantitative estimate of drug-likeness (QED) is 0.484. The highest BCUT2D eigenvalue weighted by molar-refractivity contribution is 5.79. The molecule has 2 aliphatic rings. The highest BCUT2D eigenvalue weighted by Gasteiger charge is 2.26. The maximum atomic E-state index is 12.7. The third-order valence-electron chi connectivity index (χ3n) is 7.48. The molecule has 192 valence electrons. The molecule has 0 aliphatic carbocycles. The predicted octanol–water partition coefficient (Wildman–Crippen LogP) is 3.25. The Morgan fingerprint density at radius 1 is 1.06 bits per heavy atom. The number of fused-ring (bicyclic) bond motifs is 1. The van der Waals surface area contributed by atoms with Gasteiger partial charge in [0.25, 0.3) is 0 Å². The van der Waals surface area contributed by atoms with E-state index in [0.29, 0.717) is 11.5 Å². The van der Waals surface area contributed by atoms with Gasteiger partial charge in [0.15, 0.2) is 11.5 Å². The zero-order valence-electron chi connectivity index (χ0n) is 21.4. The number of hydrogen-bond acceptors (Lipinski definition) is 7. The second kappa shape index (κ2) is 11.2. The lowest BCUT2D eigenvalue weighted by atomic mass is 9.96. The summed E-state index contributed by atoms with van der Waals surface area (Å²) in [6.45, 7) is 8.20. The van der Waals surface area contributed by atoms with Gasteiger partial charge < -0.3 is 19.9 Å². The van der Waals surface area contributed by atoms with Crippen LogP contribution in [0.5, 0.6) is 5.75 Å². The van der Waals surface area contributed by atoms with Crippen LogP contribution in [0.2, 0.25) is 0 Å². The predicted molar refractivity (Wildman–Crippen MR) is 140 cm³/mol. The molecule has 1 N–H and O–H groups in total. The number of likely N-dealkylation sites (tertiary alicyclic amines) is 1. The van der Waals surface area contributed by atoms with Gasteiger partial charge in [-0.2, -0.15) is 4.52 Å². The summed E-state index contributed by atoms with van der Waals surface area (Å²) in [5, 5.41) is 16.6. The topological polar surface area (TPSA) is 87.9 Å². The number of amides is 1. The van der Waals surface area contributed by atoms with Gasteiger partial charge in [0, 0.05) is 37.7 Å². The van der Waals surface area contributed by atoms with E-state index in [9.17, 15) is 4.79 Å². The average molecular weight is 492 g/mol. The van der Waals surface area contributed by atoms with E-state index < -0.39 is 0 Å². The normalized spacial score (nSPS) is 19.5. The minimum absolute atomic E-state index is 0.0739. The van der Waals surface area contributed by atoms with Crippen molar-refractivity contribution >= 4 is 17.4 Å². The molecule has 2 aliphatic heterocycles. The molecule has 0 spiro atoms. The van der Waals surface area contributed by atoms with E-state index in [0.717, 1.165) is 68.5 Å². The lowest BCUT2D eigenvalue weighted by molar-refractivity contribution is -0.125. The van der Waals surface area contributed by atoms with Gasteiger partial charge in [-0.25, -0.2) is 0 Å². The number of methoxy groups -OCH3 is 1. The fourth-order valence-corrected chi connectivity index (χ4v) is 5.39. The Hall–Kier alpha value is -3.20. The molecule has 2 aromatic heterocycles. The standard InChI is InChI=1S/C27H37N7O2/c1-20-5-3-15-32(19-20)16-4-14-28-27(35)22-12-17-33(18-13-22)25-11-10-24-29-30-26(34(24)31-25)21-6-8-23(36-2)9-7-21/h6-11,20,22H,3-5,12-19H2,1-2H3,(H,28,35). The second-order valence-electron chi connectivity index (χ2n) is 10.2. The molecule has 3 aromatic rings. The summed E-state index contributed by atoms with van der Waals surface area (Å²) < 4.78 is 7.05. The van der Waals surface area contributed by atoms with E-state index in [4.69, 9.17) is 9.84 Å². The number of ether oxygens (including phenoxy) is 1. The molecule has 5 rings (SSSR count). The van der Waals surface area contributed by atoms with Crippen molar-refractivity contribution in [1.82, 2.24) is 30.0 Å². The van der Waals surface area contributed by atoms with Crippen molar-refractivity contribution in [2.45, 2.75) is 39.0 Å². The molecule has 1 unspecified atom stereocenters. The number of nitrogens with one attached hydrogen (secondary N) is 1. The molecule has 9 nitrogen and oxygen atoms in total. The number of aromatic nitrogens is 4. The van der Waals surface area contributed by atoms with Crippen molar-refractivity contribution in [2.75, 3.05) is 51.3 Å². The number of nitrogens with zero attached hydrogens (tertiary/aromatic N) is 6. The lowest BCUT2D eigenvalue weighted by Gasteiger charge is -2.32. The lowest BCUT2D eigenvalue weighted by Crippen LogP contribution is -2.42. The van der Waals surface area contributed by atoms with Crippen LogP contribution in [-0.2, 0) is 4.79 Å². The first-order chi connectivity index (χ1) is 17.6. The number of hydrogen-bond donors (Lipinski definition) is 1. The molecule has 0 radical (unpaired) electrons. The smallest absolute Gasteiger partial charge is 0.223 e. The van der Waals surface area contributed by atoms with Gasteiger partial charge in [-0.3, -0.25) is 4.79 Å². The number of piperidine rings is 2. The Labute approximate surface area is 212 Å².